The van der Waals surface area contributed by atoms with Crippen LogP contribution in [0.5, 0.6) is 5.75 Å². The molecule has 0 heterocycles. The number of hydrogen-bond acceptors (Lipinski definition) is 10. The minimum Gasteiger partial charge on any atom is -0.510 e. The van der Waals surface area contributed by atoms with Crippen molar-refractivity contribution in [2.24, 2.45) is 17.6 Å². The molecule has 0 aliphatic heterocycles. The van der Waals surface area contributed by atoms with Crippen LogP contribution in [-0.2, 0) is 9.59 Å². The number of nitrogens with zero attached hydrogens (tertiary/aromatic N) is 1. The molecule has 0 fully saturated rings. The van der Waals surface area contributed by atoms with E-state index in [1.807, 2.05) is 0 Å². The quantitative estimate of drug-likeness (QED) is 0.168. The molecule has 0 saturated carbocycles. The summed E-state index contributed by atoms with van der Waals surface area (Å²) in [7, 11) is 2.97. The molecule has 1 amide bonds. The molecule has 6 unspecified atom stereocenters. The number of carbonyl (C=O) groups excluding carboxylic acids is 3. The van der Waals surface area contributed by atoms with Gasteiger partial charge in [0.15, 0.2) is 11.4 Å². The first-order chi connectivity index (χ1) is 16.8. The van der Waals surface area contributed by atoms with E-state index in [-0.39, 0.29) is 11.3 Å². The topological polar surface area (TPSA) is 194 Å². The number of carbonyl (C=O) groups is 3. The second kappa shape index (κ2) is 8.47. The number of likely N-dealkylation sites (N-methyl/N-ethyl adjacent to an activating group) is 1. The summed E-state index contributed by atoms with van der Waals surface area (Å²) in [5, 5.41) is 59.1. The van der Waals surface area contributed by atoms with Crippen molar-refractivity contribution in [1.29, 1.82) is 0 Å². The molecule has 3 aliphatic carbocycles. The number of benzene rings is 1. The number of nitrogens with two attached hydrogens (primary N) is 1. The SMILES string of the molecule is C=CCNc1ccc2c(c1O)C(=O)C1=C(O)C3(O)C(=O)C(C(N)=O)=C(O)C(N(C)C)C3C(O)C1C2C. The van der Waals surface area contributed by atoms with Crippen molar-refractivity contribution < 1.29 is 39.9 Å². The number of primary amides is 1. The van der Waals surface area contributed by atoms with Crippen LogP contribution in [-0.4, -0.2) is 86.3 Å². The van der Waals surface area contributed by atoms with E-state index < -0.39 is 81.4 Å². The van der Waals surface area contributed by atoms with Crippen molar-refractivity contribution in [2.45, 2.75) is 30.6 Å². The van der Waals surface area contributed by atoms with Gasteiger partial charge in [0, 0.05) is 18.0 Å². The predicted molar refractivity (Wildman–Crippen MR) is 128 cm³/mol. The van der Waals surface area contributed by atoms with Gasteiger partial charge in [-0.25, -0.2) is 0 Å². The number of nitrogens with one attached hydrogen (secondary N) is 1. The Morgan fingerprint density at radius 3 is 2.44 bits per heavy atom. The van der Waals surface area contributed by atoms with Gasteiger partial charge in [-0.1, -0.05) is 19.1 Å². The second-order valence-electron chi connectivity index (χ2n) is 9.65. The van der Waals surface area contributed by atoms with Crippen LogP contribution >= 0.6 is 0 Å². The number of hydrogen-bond donors (Lipinski definition) is 7. The van der Waals surface area contributed by atoms with E-state index >= 15 is 0 Å². The van der Waals surface area contributed by atoms with Crippen LogP contribution in [0.25, 0.3) is 0 Å². The van der Waals surface area contributed by atoms with Crippen molar-refractivity contribution >= 4 is 23.2 Å². The van der Waals surface area contributed by atoms with E-state index in [4.69, 9.17) is 5.73 Å². The highest BCUT2D eigenvalue weighted by molar-refractivity contribution is 6.25. The molecular formula is C25H29N3O8. The lowest BCUT2D eigenvalue weighted by Crippen LogP contribution is -2.68. The van der Waals surface area contributed by atoms with E-state index in [0.717, 1.165) is 0 Å². The maximum absolute atomic E-state index is 13.7. The molecule has 0 radical (unpaired) electrons. The fourth-order valence-electron chi connectivity index (χ4n) is 5.95. The number of aliphatic hydroxyl groups excluding tert-OH is 3. The van der Waals surface area contributed by atoms with Gasteiger partial charge in [0.05, 0.1) is 29.3 Å². The molecule has 192 valence electrons. The van der Waals surface area contributed by atoms with Crippen LogP contribution in [0, 0.1) is 11.8 Å². The Bertz CT molecular complexity index is 1270. The van der Waals surface area contributed by atoms with Gasteiger partial charge >= 0.3 is 0 Å². The molecule has 0 aromatic heterocycles. The van der Waals surface area contributed by atoms with Gasteiger partial charge < -0.3 is 36.6 Å². The summed E-state index contributed by atoms with van der Waals surface area (Å²) in [5.41, 5.74) is 1.47. The average molecular weight is 500 g/mol. The first-order valence-electron chi connectivity index (χ1n) is 11.4. The lowest BCUT2D eigenvalue weighted by atomic mass is 9.55. The summed E-state index contributed by atoms with van der Waals surface area (Å²) in [5.74, 6) is -9.13. The summed E-state index contributed by atoms with van der Waals surface area (Å²) in [6, 6.07) is 1.89. The summed E-state index contributed by atoms with van der Waals surface area (Å²) >= 11 is 0. The molecule has 11 heteroatoms. The number of rotatable bonds is 5. The first-order valence-corrected chi connectivity index (χ1v) is 11.4. The lowest BCUT2D eigenvalue weighted by molar-refractivity contribution is -0.162. The Kier molecular flexibility index (Phi) is 5.98. The minimum atomic E-state index is -2.93. The highest BCUT2D eigenvalue weighted by Gasteiger charge is 2.67. The van der Waals surface area contributed by atoms with Crippen LogP contribution in [0.4, 0.5) is 5.69 Å². The maximum atomic E-state index is 13.7. The Morgan fingerprint density at radius 2 is 1.89 bits per heavy atom. The largest absolute Gasteiger partial charge is 0.510 e. The van der Waals surface area contributed by atoms with Gasteiger partial charge in [0.2, 0.25) is 5.78 Å². The number of fused-ring (bicyclic) bond motifs is 3. The summed E-state index contributed by atoms with van der Waals surface area (Å²) in [6.45, 7) is 5.55. The normalized spacial score (nSPS) is 31.7. The standard InChI is InChI=1S/C25H29N3O8/c1-5-8-27-11-7-6-10-9(2)12-14(19(30)13(10)18(11)29)22(33)25(36)16(20(12)31)17(28(3)4)21(32)15(23(25)34)24(26)35/h5-7,9,12,16-17,20,27,29,31-33,36H,1,8H2,2-4H3,(H2,26,35). The Labute approximate surface area is 206 Å². The number of Topliss-reactive ketones (excluding diaryl/α,β-unsaturated/α-hetero) is 2. The molecule has 11 nitrogen and oxygen atoms in total. The Morgan fingerprint density at radius 1 is 1.25 bits per heavy atom. The third-order valence-corrected chi connectivity index (χ3v) is 7.57. The highest BCUT2D eigenvalue weighted by atomic mass is 16.4. The van der Waals surface area contributed by atoms with Crippen molar-refractivity contribution in [2.75, 3.05) is 26.0 Å². The number of ketones is 2. The van der Waals surface area contributed by atoms with E-state index in [1.54, 1.807) is 25.1 Å². The van der Waals surface area contributed by atoms with Crippen molar-refractivity contribution in [3.05, 3.63) is 58.6 Å². The lowest BCUT2D eigenvalue weighted by Gasteiger charge is -2.53. The van der Waals surface area contributed by atoms with Gasteiger partial charge in [-0.05, 0) is 31.6 Å². The smallest absolute Gasteiger partial charge is 0.255 e. The Balaban J connectivity index is 2.00. The minimum absolute atomic E-state index is 0.149. The molecule has 1 aromatic rings. The van der Waals surface area contributed by atoms with Gasteiger partial charge in [0.25, 0.3) is 5.91 Å². The molecule has 3 aliphatic rings. The van der Waals surface area contributed by atoms with Crippen LogP contribution in [0.3, 0.4) is 0 Å². The molecule has 1 aromatic carbocycles. The monoisotopic (exact) mass is 499 g/mol. The summed E-state index contributed by atoms with van der Waals surface area (Å²) < 4.78 is 0. The molecule has 6 atom stereocenters. The molecule has 8 N–H and O–H groups in total. The molecule has 0 bridgehead atoms. The van der Waals surface area contributed by atoms with Crippen LogP contribution in [0.2, 0.25) is 0 Å². The number of anilines is 1. The van der Waals surface area contributed by atoms with E-state index in [1.165, 1.54) is 19.0 Å². The number of phenols is 1. The number of aromatic hydroxyl groups is 1. The molecular weight excluding hydrogens is 470 g/mol. The first kappa shape index (κ1) is 25.4. The second-order valence-corrected chi connectivity index (χ2v) is 9.65. The number of phenolic OH excluding ortho intramolecular Hbond substituents is 1. The zero-order valence-corrected chi connectivity index (χ0v) is 20.0. The maximum Gasteiger partial charge on any atom is 0.255 e. The number of aliphatic hydroxyl groups is 4. The molecule has 0 saturated heterocycles. The van der Waals surface area contributed by atoms with Gasteiger partial charge in [-0.15, -0.1) is 6.58 Å². The van der Waals surface area contributed by atoms with Gasteiger partial charge in [-0.2, -0.15) is 0 Å². The van der Waals surface area contributed by atoms with Crippen LogP contribution in [0.15, 0.2) is 47.5 Å². The van der Waals surface area contributed by atoms with E-state index in [0.29, 0.717) is 12.1 Å². The third-order valence-electron chi connectivity index (χ3n) is 7.57. The van der Waals surface area contributed by atoms with Crippen molar-refractivity contribution in [3.8, 4) is 5.75 Å². The Hall–Kier alpha value is -3.67. The number of amides is 1. The van der Waals surface area contributed by atoms with Crippen molar-refractivity contribution in [1.82, 2.24) is 4.90 Å². The molecule has 4 rings (SSSR count). The fourth-order valence-corrected chi connectivity index (χ4v) is 5.95. The third kappa shape index (κ3) is 3.13. The molecule has 36 heavy (non-hydrogen) atoms. The van der Waals surface area contributed by atoms with Crippen LogP contribution < -0.4 is 11.1 Å². The summed E-state index contributed by atoms with van der Waals surface area (Å²) in [6.07, 6.45) is -0.0719. The predicted octanol–water partition coefficient (Wildman–Crippen LogP) is 0.250. The highest BCUT2D eigenvalue weighted by Crippen LogP contribution is 2.55. The van der Waals surface area contributed by atoms with E-state index in [9.17, 15) is 39.9 Å². The fraction of sp³-hybridized carbons (Fsp3) is 0.400. The summed E-state index contributed by atoms with van der Waals surface area (Å²) in [4.78, 5) is 40.5. The average Bonchev–Trinajstić information content (AvgIpc) is 2.80. The zero-order chi connectivity index (χ0) is 26.9. The van der Waals surface area contributed by atoms with Crippen molar-refractivity contribution in [3.63, 3.8) is 0 Å². The van der Waals surface area contributed by atoms with Gasteiger partial charge in [-0.3, -0.25) is 19.3 Å². The zero-order valence-electron chi connectivity index (χ0n) is 20.0. The van der Waals surface area contributed by atoms with Gasteiger partial charge in [0.1, 0.15) is 22.8 Å². The van der Waals surface area contributed by atoms with E-state index in [2.05, 4.69) is 11.9 Å². The molecule has 0 spiro atoms. The van der Waals surface area contributed by atoms with Crippen LogP contribution in [0.1, 0.15) is 28.8 Å².